The van der Waals surface area contributed by atoms with E-state index in [0.717, 1.165) is 5.56 Å². The van der Waals surface area contributed by atoms with Gasteiger partial charge in [0.2, 0.25) is 10.0 Å². The molecule has 0 atom stereocenters. The van der Waals surface area contributed by atoms with Crippen molar-refractivity contribution in [3.8, 4) is 0 Å². The first kappa shape index (κ1) is 14.5. The first-order valence-electron chi connectivity index (χ1n) is 5.58. The van der Waals surface area contributed by atoms with Gasteiger partial charge >= 0.3 is 5.97 Å². The zero-order valence-electron chi connectivity index (χ0n) is 10.5. The molecule has 0 fully saturated rings. The van der Waals surface area contributed by atoms with Crippen LogP contribution in [0.3, 0.4) is 0 Å². The summed E-state index contributed by atoms with van der Waals surface area (Å²) in [5.74, 6) is -1.15. The van der Waals surface area contributed by atoms with Crippen molar-refractivity contribution >= 4 is 21.7 Å². The lowest BCUT2D eigenvalue weighted by atomic mass is 10.2. The van der Waals surface area contributed by atoms with Crippen molar-refractivity contribution in [2.24, 2.45) is 0 Å². The number of anilines is 1. The largest absolute Gasteiger partial charge is 0.481 e. The molecule has 0 saturated heterocycles. The van der Waals surface area contributed by atoms with Gasteiger partial charge in [0.1, 0.15) is 0 Å². The second kappa shape index (κ2) is 5.86. The number of carboxylic acids is 1. The van der Waals surface area contributed by atoms with Gasteiger partial charge in [-0.25, -0.2) is 8.42 Å². The number of nitrogens with zero attached hydrogens (tertiary/aromatic N) is 1. The third kappa shape index (κ3) is 4.03. The van der Waals surface area contributed by atoms with E-state index in [0.29, 0.717) is 5.69 Å². The highest BCUT2D eigenvalue weighted by Crippen LogP contribution is 2.17. The van der Waals surface area contributed by atoms with Crippen LogP contribution in [-0.2, 0) is 14.8 Å². The molecule has 100 valence electrons. The molecule has 0 aliphatic heterocycles. The Hall–Kier alpha value is -1.56. The van der Waals surface area contributed by atoms with Gasteiger partial charge < -0.3 is 5.11 Å². The number of sulfonamides is 1. The summed E-state index contributed by atoms with van der Waals surface area (Å²) in [7, 11) is -1.98. The van der Waals surface area contributed by atoms with Crippen LogP contribution in [0.1, 0.15) is 18.4 Å². The molecule has 0 heterocycles. The van der Waals surface area contributed by atoms with Gasteiger partial charge in [0, 0.05) is 13.5 Å². The first-order valence-corrected chi connectivity index (χ1v) is 7.19. The molecule has 1 aromatic rings. The summed E-state index contributed by atoms with van der Waals surface area (Å²) in [6.07, 6.45) is -0.0190. The van der Waals surface area contributed by atoms with E-state index in [1.165, 1.54) is 11.4 Å². The third-order valence-corrected chi connectivity index (χ3v) is 4.46. The van der Waals surface area contributed by atoms with Crippen LogP contribution >= 0.6 is 0 Å². The SMILES string of the molecule is Cc1ccc(N(C)S(=O)(=O)CCCC(=O)O)cc1. The molecular weight excluding hydrogens is 254 g/mol. The van der Waals surface area contributed by atoms with Crippen LogP contribution in [0.2, 0.25) is 0 Å². The molecule has 1 aromatic carbocycles. The van der Waals surface area contributed by atoms with Crippen LogP contribution in [0, 0.1) is 6.92 Å². The highest BCUT2D eigenvalue weighted by molar-refractivity contribution is 7.92. The Morgan fingerprint density at radius 2 is 1.83 bits per heavy atom. The molecule has 0 aliphatic rings. The number of benzene rings is 1. The van der Waals surface area contributed by atoms with Crippen LogP contribution < -0.4 is 4.31 Å². The van der Waals surface area contributed by atoms with E-state index in [9.17, 15) is 13.2 Å². The Kier molecular flexibility index (Phi) is 4.72. The highest BCUT2D eigenvalue weighted by atomic mass is 32.2. The van der Waals surface area contributed by atoms with Crippen LogP contribution in [0.5, 0.6) is 0 Å². The molecule has 0 radical (unpaired) electrons. The van der Waals surface area contributed by atoms with E-state index < -0.39 is 16.0 Å². The monoisotopic (exact) mass is 271 g/mol. The number of aliphatic carboxylic acids is 1. The van der Waals surface area contributed by atoms with E-state index in [1.54, 1.807) is 12.1 Å². The average Bonchev–Trinajstić information content (AvgIpc) is 2.28. The molecule has 0 aliphatic carbocycles. The quantitative estimate of drug-likeness (QED) is 0.853. The summed E-state index contributed by atoms with van der Waals surface area (Å²) in [5, 5.41) is 8.49. The molecule has 0 saturated carbocycles. The average molecular weight is 271 g/mol. The van der Waals surface area contributed by atoms with Crippen LogP contribution in [-0.4, -0.2) is 32.3 Å². The summed E-state index contributed by atoms with van der Waals surface area (Å²) >= 11 is 0. The summed E-state index contributed by atoms with van der Waals surface area (Å²) in [6, 6.07) is 7.12. The lowest BCUT2D eigenvalue weighted by molar-refractivity contribution is -0.137. The van der Waals surface area contributed by atoms with Gasteiger partial charge in [0.25, 0.3) is 0 Å². The van der Waals surface area contributed by atoms with E-state index in [4.69, 9.17) is 5.11 Å². The maximum atomic E-state index is 11.9. The van der Waals surface area contributed by atoms with Gasteiger partial charge in [0.15, 0.2) is 0 Å². The van der Waals surface area contributed by atoms with E-state index in [1.807, 2.05) is 19.1 Å². The van der Waals surface area contributed by atoms with Crippen molar-refractivity contribution in [2.75, 3.05) is 17.1 Å². The van der Waals surface area contributed by atoms with Gasteiger partial charge in [-0.1, -0.05) is 17.7 Å². The van der Waals surface area contributed by atoms with Gasteiger partial charge in [-0.05, 0) is 25.5 Å². The molecule has 1 N–H and O–H groups in total. The Morgan fingerprint density at radius 1 is 1.28 bits per heavy atom. The second-order valence-electron chi connectivity index (χ2n) is 4.12. The van der Waals surface area contributed by atoms with Gasteiger partial charge in [0.05, 0.1) is 11.4 Å². The van der Waals surface area contributed by atoms with E-state index in [-0.39, 0.29) is 18.6 Å². The van der Waals surface area contributed by atoms with Crippen molar-refractivity contribution in [1.29, 1.82) is 0 Å². The minimum atomic E-state index is -3.45. The standard InChI is InChI=1S/C12H17NO4S/c1-10-5-7-11(8-6-10)13(2)18(16,17)9-3-4-12(14)15/h5-8H,3-4,9H2,1-2H3,(H,14,15). The molecular formula is C12H17NO4S. The van der Waals surface area contributed by atoms with Crippen molar-refractivity contribution in [1.82, 2.24) is 0 Å². The van der Waals surface area contributed by atoms with E-state index >= 15 is 0 Å². The summed E-state index contributed by atoms with van der Waals surface area (Å²) in [6.45, 7) is 1.92. The molecule has 1 rings (SSSR count). The number of carboxylic acid groups (broad SMARTS) is 1. The topological polar surface area (TPSA) is 74.7 Å². The fraction of sp³-hybridized carbons (Fsp3) is 0.417. The Balaban J connectivity index is 2.72. The number of hydrogen-bond donors (Lipinski definition) is 1. The maximum absolute atomic E-state index is 11.9. The van der Waals surface area contributed by atoms with Crippen molar-refractivity contribution < 1.29 is 18.3 Å². The van der Waals surface area contributed by atoms with Crippen LogP contribution in [0.15, 0.2) is 24.3 Å². The first-order chi connectivity index (χ1) is 8.33. The molecule has 0 aromatic heterocycles. The lowest BCUT2D eigenvalue weighted by Crippen LogP contribution is -2.29. The summed E-state index contributed by atoms with van der Waals surface area (Å²) in [4.78, 5) is 10.4. The smallest absolute Gasteiger partial charge is 0.303 e. The van der Waals surface area contributed by atoms with Crippen LogP contribution in [0.25, 0.3) is 0 Å². The third-order valence-electron chi connectivity index (χ3n) is 2.61. The van der Waals surface area contributed by atoms with Gasteiger partial charge in [-0.15, -0.1) is 0 Å². The fourth-order valence-electron chi connectivity index (χ4n) is 1.46. The summed E-state index contributed by atoms with van der Waals surface area (Å²) < 4.78 is 25.0. The number of aryl methyl sites for hydroxylation is 1. The molecule has 0 spiro atoms. The van der Waals surface area contributed by atoms with Crippen molar-refractivity contribution in [3.63, 3.8) is 0 Å². The Bertz CT molecular complexity index is 507. The van der Waals surface area contributed by atoms with Gasteiger partial charge in [-0.2, -0.15) is 0 Å². The second-order valence-corrected chi connectivity index (χ2v) is 6.24. The van der Waals surface area contributed by atoms with Crippen LogP contribution in [0.4, 0.5) is 5.69 Å². The zero-order valence-corrected chi connectivity index (χ0v) is 11.3. The normalized spacial score (nSPS) is 11.2. The van der Waals surface area contributed by atoms with E-state index in [2.05, 4.69) is 0 Å². The van der Waals surface area contributed by atoms with Gasteiger partial charge in [-0.3, -0.25) is 9.10 Å². The summed E-state index contributed by atoms with van der Waals surface area (Å²) in [5.41, 5.74) is 1.63. The minimum absolute atomic E-state index is 0.119. The molecule has 5 nitrogen and oxygen atoms in total. The van der Waals surface area contributed by atoms with Crippen molar-refractivity contribution in [3.05, 3.63) is 29.8 Å². The molecule has 0 unspecified atom stereocenters. The number of carbonyl (C=O) groups is 1. The van der Waals surface area contributed by atoms with Crippen molar-refractivity contribution in [2.45, 2.75) is 19.8 Å². The number of hydrogen-bond acceptors (Lipinski definition) is 3. The Labute approximate surface area is 107 Å². The minimum Gasteiger partial charge on any atom is -0.481 e. The Morgan fingerprint density at radius 3 is 2.33 bits per heavy atom. The maximum Gasteiger partial charge on any atom is 0.303 e. The molecule has 18 heavy (non-hydrogen) atoms. The predicted molar refractivity (Wildman–Crippen MR) is 70.2 cm³/mol. The molecule has 0 amide bonds. The zero-order chi connectivity index (χ0) is 13.8. The lowest BCUT2D eigenvalue weighted by Gasteiger charge is -2.19. The predicted octanol–water partition coefficient (Wildman–Crippen LogP) is 1.63. The number of rotatable bonds is 6. The fourth-order valence-corrected chi connectivity index (χ4v) is 2.68. The molecule has 6 heteroatoms. The highest BCUT2D eigenvalue weighted by Gasteiger charge is 2.18. The molecule has 0 bridgehead atoms.